The summed E-state index contributed by atoms with van der Waals surface area (Å²) in [6, 6.07) is 16.1. The van der Waals surface area contributed by atoms with E-state index in [0.717, 1.165) is 4.88 Å². The lowest BCUT2D eigenvalue weighted by molar-refractivity contribution is 0.0533. The molecule has 2 heterocycles. The van der Waals surface area contributed by atoms with Crippen LogP contribution in [-0.4, -0.2) is 67.9 Å². The Kier molecular flexibility index (Phi) is 7.30. The molecule has 1 fully saturated rings. The second-order valence-corrected chi connectivity index (χ2v) is 10.7. The van der Waals surface area contributed by atoms with E-state index in [1.807, 2.05) is 17.5 Å². The van der Waals surface area contributed by atoms with Crippen LogP contribution in [0.3, 0.4) is 0 Å². The molecule has 2 N–H and O–H groups in total. The van der Waals surface area contributed by atoms with E-state index in [4.69, 9.17) is 0 Å². The second-order valence-electron chi connectivity index (χ2n) is 7.85. The summed E-state index contributed by atoms with van der Waals surface area (Å²) < 4.78 is 27.6. The molecule has 178 valence electrons. The molecule has 1 aliphatic rings. The van der Waals surface area contributed by atoms with Gasteiger partial charge in [-0.2, -0.15) is 0 Å². The van der Waals surface area contributed by atoms with Crippen molar-refractivity contribution in [3.8, 4) is 5.75 Å². The zero-order valence-electron chi connectivity index (χ0n) is 18.4. The highest BCUT2D eigenvalue weighted by Gasteiger charge is 2.27. The van der Waals surface area contributed by atoms with Crippen LogP contribution in [0.15, 0.2) is 70.9 Å². The van der Waals surface area contributed by atoms with E-state index in [2.05, 4.69) is 4.72 Å². The number of hydrogen-bond donors (Lipinski definition) is 2. The van der Waals surface area contributed by atoms with Gasteiger partial charge in [-0.15, -0.1) is 11.3 Å². The van der Waals surface area contributed by atoms with Crippen LogP contribution in [0.5, 0.6) is 5.75 Å². The highest BCUT2D eigenvalue weighted by atomic mass is 32.2. The summed E-state index contributed by atoms with van der Waals surface area (Å²) in [7, 11) is -3.66. The maximum Gasteiger partial charge on any atom is 0.257 e. The Morgan fingerprint density at radius 2 is 1.53 bits per heavy atom. The van der Waals surface area contributed by atoms with Gasteiger partial charge in [0.25, 0.3) is 11.8 Å². The summed E-state index contributed by atoms with van der Waals surface area (Å²) in [6.45, 7) is 1.69. The highest BCUT2D eigenvalue weighted by molar-refractivity contribution is 7.89. The Morgan fingerprint density at radius 3 is 2.15 bits per heavy atom. The fraction of sp³-hybridized carbons (Fsp3) is 0.250. The first-order valence-electron chi connectivity index (χ1n) is 10.8. The Labute approximate surface area is 202 Å². The molecule has 2 aromatic carbocycles. The Balaban J connectivity index is 1.32. The molecule has 0 bridgehead atoms. The van der Waals surface area contributed by atoms with Crippen LogP contribution in [0.1, 0.15) is 25.6 Å². The molecule has 0 spiro atoms. The summed E-state index contributed by atoms with van der Waals surface area (Å²) in [4.78, 5) is 30.0. The van der Waals surface area contributed by atoms with Gasteiger partial charge in [0.05, 0.1) is 10.5 Å². The minimum atomic E-state index is -3.66. The number of rotatable bonds is 7. The van der Waals surface area contributed by atoms with Crippen molar-refractivity contribution in [1.29, 1.82) is 0 Å². The van der Waals surface area contributed by atoms with Gasteiger partial charge in [0, 0.05) is 43.2 Å². The maximum atomic E-state index is 12.9. The molecule has 0 radical (unpaired) electrons. The molecule has 34 heavy (non-hydrogen) atoms. The zero-order valence-corrected chi connectivity index (χ0v) is 20.0. The molecule has 0 atom stereocenters. The third-order valence-corrected chi connectivity index (χ3v) is 8.06. The van der Waals surface area contributed by atoms with Gasteiger partial charge in [-0.25, -0.2) is 13.1 Å². The van der Waals surface area contributed by atoms with E-state index in [-0.39, 0.29) is 28.0 Å². The number of sulfonamides is 1. The standard InChI is InChI=1S/C24H25N3O5S2/c28-22-6-2-1-5-21(22)24(30)27-15-13-26(14-16-27)23(29)18-7-9-20(10-8-18)34(31,32)25-12-11-19-4-3-17-33-19/h1-10,17,25,28H,11-16H2. The average molecular weight is 500 g/mol. The molecule has 0 aliphatic carbocycles. The van der Waals surface area contributed by atoms with Gasteiger partial charge in [-0.1, -0.05) is 18.2 Å². The van der Waals surface area contributed by atoms with Gasteiger partial charge in [0.2, 0.25) is 10.0 Å². The van der Waals surface area contributed by atoms with Crippen molar-refractivity contribution >= 4 is 33.2 Å². The topological polar surface area (TPSA) is 107 Å². The lowest BCUT2D eigenvalue weighted by atomic mass is 10.1. The van der Waals surface area contributed by atoms with Crippen molar-refractivity contribution in [2.45, 2.75) is 11.3 Å². The molecule has 3 aromatic rings. The van der Waals surface area contributed by atoms with Crippen LogP contribution in [0.25, 0.3) is 0 Å². The number of phenolic OH excluding ortho intramolecular Hbond substituents is 1. The quantitative estimate of drug-likeness (QED) is 0.520. The van der Waals surface area contributed by atoms with Crippen molar-refractivity contribution in [1.82, 2.24) is 14.5 Å². The zero-order chi connectivity index (χ0) is 24.1. The van der Waals surface area contributed by atoms with E-state index in [9.17, 15) is 23.1 Å². The third kappa shape index (κ3) is 5.46. The summed E-state index contributed by atoms with van der Waals surface area (Å²) >= 11 is 1.58. The molecule has 8 nitrogen and oxygen atoms in total. The summed E-state index contributed by atoms with van der Waals surface area (Å²) in [5.74, 6) is -0.558. The Morgan fingerprint density at radius 1 is 0.882 bits per heavy atom. The SMILES string of the molecule is O=C(c1ccc(S(=O)(=O)NCCc2cccs2)cc1)N1CCN(C(=O)c2ccccc2O)CC1. The monoisotopic (exact) mass is 499 g/mol. The van der Waals surface area contributed by atoms with Gasteiger partial charge in [-0.3, -0.25) is 9.59 Å². The van der Waals surface area contributed by atoms with E-state index in [1.165, 1.54) is 30.3 Å². The molecule has 2 amide bonds. The van der Waals surface area contributed by atoms with Crippen LogP contribution >= 0.6 is 11.3 Å². The highest BCUT2D eigenvalue weighted by Crippen LogP contribution is 2.20. The number of piperazine rings is 1. The first kappa shape index (κ1) is 23.9. The third-order valence-electron chi connectivity index (χ3n) is 5.64. The molecule has 0 unspecified atom stereocenters. The van der Waals surface area contributed by atoms with Crippen molar-refractivity contribution in [3.63, 3.8) is 0 Å². The number of nitrogens with zero attached hydrogens (tertiary/aromatic N) is 2. The largest absolute Gasteiger partial charge is 0.507 e. The average Bonchev–Trinajstić information content (AvgIpc) is 3.37. The first-order chi connectivity index (χ1) is 16.3. The fourth-order valence-corrected chi connectivity index (χ4v) is 5.48. The molecule has 4 rings (SSSR count). The van der Waals surface area contributed by atoms with Crippen LogP contribution in [0.2, 0.25) is 0 Å². The number of aromatic hydroxyl groups is 1. The van der Waals surface area contributed by atoms with Crippen molar-refractivity contribution in [2.75, 3.05) is 32.7 Å². The molecule has 0 saturated carbocycles. The van der Waals surface area contributed by atoms with Gasteiger partial charge in [-0.05, 0) is 54.3 Å². The predicted molar refractivity (Wildman–Crippen MR) is 130 cm³/mol. The molecule has 1 saturated heterocycles. The number of carbonyl (C=O) groups excluding carboxylic acids is 2. The summed E-state index contributed by atoms with van der Waals surface area (Å²) in [6.07, 6.45) is 0.617. The molecule has 10 heteroatoms. The van der Waals surface area contributed by atoms with E-state index < -0.39 is 10.0 Å². The smallest absolute Gasteiger partial charge is 0.257 e. The van der Waals surface area contributed by atoms with Gasteiger partial charge in [0.15, 0.2) is 0 Å². The van der Waals surface area contributed by atoms with Crippen LogP contribution < -0.4 is 4.72 Å². The number of carbonyl (C=O) groups is 2. The Bertz CT molecular complexity index is 1250. The second kappa shape index (κ2) is 10.4. The van der Waals surface area contributed by atoms with Gasteiger partial charge < -0.3 is 14.9 Å². The number of benzene rings is 2. The minimum Gasteiger partial charge on any atom is -0.507 e. The number of nitrogens with one attached hydrogen (secondary N) is 1. The molecule has 1 aliphatic heterocycles. The predicted octanol–water partition coefficient (Wildman–Crippen LogP) is 2.57. The number of para-hydroxylation sites is 1. The Hall–Kier alpha value is -3.21. The maximum absolute atomic E-state index is 12.9. The normalized spacial score (nSPS) is 14.2. The summed E-state index contributed by atoms with van der Waals surface area (Å²) in [5.41, 5.74) is 0.626. The van der Waals surface area contributed by atoms with E-state index in [1.54, 1.807) is 39.3 Å². The molecule has 1 aromatic heterocycles. The fourth-order valence-electron chi connectivity index (χ4n) is 3.74. The molecular formula is C24H25N3O5S2. The summed E-state index contributed by atoms with van der Waals surface area (Å²) in [5, 5.41) is 11.9. The number of thiophene rings is 1. The van der Waals surface area contributed by atoms with E-state index in [0.29, 0.717) is 44.7 Å². The van der Waals surface area contributed by atoms with Crippen LogP contribution in [0, 0.1) is 0 Å². The lowest BCUT2D eigenvalue weighted by Gasteiger charge is -2.35. The lowest BCUT2D eigenvalue weighted by Crippen LogP contribution is -2.50. The van der Waals surface area contributed by atoms with Gasteiger partial charge in [0.1, 0.15) is 5.75 Å². The first-order valence-corrected chi connectivity index (χ1v) is 13.2. The van der Waals surface area contributed by atoms with Crippen molar-refractivity contribution in [2.24, 2.45) is 0 Å². The number of hydrogen-bond acceptors (Lipinski definition) is 6. The minimum absolute atomic E-state index is 0.0675. The van der Waals surface area contributed by atoms with Crippen LogP contribution in [0.4, 0.5) is 0 Å². The number of amides is 2. The number of phenols is 1. The van der Waals surface area contributed by atoms with Gasteiger partial charge >= 0.3 is 0 Å². The van der Waals surface area contributed by atoms with Crippen molar-refractivity contribution < 1.29 is 23.1 Å². The van der Waals surface area contributed by atoms with Crippen molar-refractivity contribution in [3.05, 3.63) is 82.0 Å². The van der Waals surface area contributed by atoms with Crippen LogP contribution in [-0.2, 0) is 16.4 Å². The molecular weight excluding hydrogens is 474 g/mol. The van der Waals surface area contributed by atoms with E-state index >= 15 is 0 Å².